The molecule has 0 atom stereocenters. The zero-order valence-electron chi connectivity index (χ0n) is 9.49. The number of halogens is 1. The van der Waals surface area contributed by atoms with E-state index < -0.39 is 0 Å². The first-order valence-corrected chi connectivity index (χ1v) is 6.45. The van der Waals surface area contributed by atoms with Crippen molar-refractivity contribution in [2.24, 2.45) is 5.92 Å². The number of piperidine rings is 1. The summed E-state index contributed by atoms with van der Waals surface area (Å²) in [6.45, 7) is 3.29. The van der Waals surface area contributed by atoms with Crippen LogP contribution in [0.25, 0.3) is 0 Å². The molecule has 2 rings (SSSR count). The normalized spacial score (nSPS) is 17.8. The van der Waals surface area contributed by atoms with Crippen molar-refractivity contribution in [3.05, 3.63) is 17.0 Å². The van der Waals surface area contributed by atoms with Gasteiger partial charge in [-0.3, -0.25) is 0 Å². The van der Waals surface area contributed by atoms with E-state index in [-0.39, 0.29) is 0 Å². The van der Waals surface area contributed by atoms with E-state index in [9.17, 15) is 0 Å². The van der Waals surface area contributed by atoms with Gasteiger partial charge in [-0.2, -0.15) is 0 Å². The molecule has 4 nitrogen and oxygen atoms in total. The summed E-state index contributed by atoms with van der Waals surface area (Å²) in [6.07, 6.45) is 5.89. The maximum atomic E-state index is 4.33. The Hall–Kier alpha value is -0.680. The van der Waals surface area contributed by atoms with Crippen LogP contribution in [0.4, 0.5) is 5.82 Å². The molecule has 0 bridgehead atoms. The quantitative estimate of drug-likeness (QED) is 0.917. The van der Waals surface area contributed by atoms with Crippen LogP contribution in [-0.4, -0.2) is 36.6 Å². The van der Waals surface area contributed by atoms with Crippen LogP contribution < -0.4 is 10.2 Å². The lowest BCUT2D eigenvalue weighted by Gasteiger charge is -2.33. The van der Waals surface area contributed by atoms with Crippen LogP contribution >= 0.6 is 15.9 Å². The van der Waals surface area contributed by atoms with Crippen molar-refractivity contribution in [2.75, 3.05) is 31.6 Å². The van der Waals surface area contributed by atoms with Crippen LogP contribution in [0.2, 0.25) is 0 Å². The Bertz CT molecular complexity index is 337. The van der Waals surface area contributed by atoms with Crippen LogP contribution in [0, 0.1) is 5.92 Å². The summed E-state index contributed by atoms with van der Waals surface area (Å²) < 4.78 is 0.988. The molecule has 1 aromatic rings. The van der Waals surface area contributed by atoms with Gasteiger partial charge in [-0.05, 0) is 48.3 Å². The van der Waals surface area contributed by atoms with Crippen LogP contribution in [0.15, 0.2) is 17.0 Å². The number of anilines is 1. The third-order valence-corrected chi connectivity index (χ3v) is 3.61. The molecule has 1 fully saturated rings. The number of aromatic nitrogens is 2. The first-order valence-electron chi connectivity index (χ1n) is 5.66. The highest BCUT2D eigenvalue weighted by Gasteiger charge is 2.20. The van der Waals surface area contributed by atoms with E-state index in [1.54, 1.807) is 6.33 Å². The minimum absolute atomic E-state index is 0.807. The predicted octanol–water partition coefficient (Wildman–Crippen LogP) is 1.67. The van der Waals surface area contributed by atoms with Gasteiger partial charge in [0, 0.05) is 19.3 Å². The Morgan fingerprint density at radius 1 is 1.50 bits per heavy atom. The van der Waals surface area contributed by atoms with E-state index in [0.717, 1.165) is 35.8 Å². The van der Waals surface area contributed by atoms with E-state index in [2.05, 4.69) is 36.1 Å². The molecule has 0 aliphatic carbocycles. The number of hydrogen-bond donors (Lipinski definition) is 1. The third kappa shape index (κ3) is 2.71. The number of nitrogens with zero attached hydrogens (tertiary/aromatic N) is 3. The van der Waals surface area contributed by atoms with Gasteiger partial charge in [0.05, 0.1) is 4.47 Å². The van der Waals surface area contributed by atoms with Gasteiger partial charge in [-0.1, -0.05) is 0 Å². The maximum Gasteiger partial charge on any atom is 0.146 e. The molecule has 0 unspecified atom stereocenters. The van der Waals surface area contributed by atoms with Gasteiger partial charge in [-0.15, -0.1) is 0 Å². The van der Waals surface area contributed by atoms with Gasteiger partial charge in [0.2, 0.25) is 0 Å². The molecule has 0 spiro atoms. The van der Waals surface area contributed by atoms with E-state index in [0.29, 0.717) is 0 Å². The number of hydrogen-bond acceptors (Lipinski definition) is 4. The SMILES string of the molecule is CNCC1CCN(c2ncncc2Br)CC1. The molecular weight excluding hydrogens is 268 g/mol. The van der Waals surface area contributed by atoms with Crippen LogP contribution in [0.1, 0.15) is 12.8 Å². The molecule has 0 amide bonds. The minimum atomic E-state index is 0.807. The van der Waals surface area contributed by atoms with Gasteiger partial charge in [0.25, 0.3) is 0 Å². The highest BCUT2D eigenvalue weighted by Crippen LogP contribution is 2.26. The van der Waals surface area contributed by atoms with Gasteiger partial charge in [-0.25, -0.2) is 9.97 Å². The number of nitrogens with one attached hydrogen (secondary N) is 1. The van der Waals surface area contributed by atoms with Crippen molar-refractivity contribution in [2.45, 2.75) is 12.8 Å². The molecule has 1 saturated heterocycles. The van der Waals surface area contributed by atoms with E-state index in [1.165, 1.54) is 12.8 Å². The Morgan fingerprint density at radius 2 is 2.25 bits per heavy atom. The van der Waals surface area contributed by atoms with Crippen molar-refractivity contribution in [1.82, 2.24) is 15.3 Å². The molecule has 16 heavy (non-hydrogen) atoms. The fourth-order valence-corrected chi connectivity index (χ4v) is 2.65. The summed E-state index contributed by atoms with van der Waals surface area (Å²) in [4.78, 5) is 10.6. The predicted molar refractivity (Wildman–Crippen MR) is 68.6 cm³/mol. The van der Waals surface area contributed by atoms with Crippen molar-refractivity contribution in [3.8, 4) is 0 Å². The van der Waals surface area contributed by atoms with Gasteiger partial charge in [0.15, 0.2) is 0 Å². The Balaban J connectivity index is 1.96. The van der Waals surface area contributed by atoms with E-state index in [4.69, 9.17) is 0 Å². The van der Waals surface area contributed by atoms with Gasteiger partial charge in [0.1, 0.15) is 12.1 Å². The molecule has 0 aromatic carbocycles. The fourth-order valence-electron chi connectivity index (χ4n) is 2.18. The molecule has 1 aliphatic heterocycles. The molecule has 1 aliphatic rings. The Kier molecular flexibility index (Phi) is 4.12. The minimum Gasteiger partial charge on any atom is -0.356 e. The molecule has 1 aromatic heterocycles. The first kappa shape index (κ1) is 11.8. The largest absolute Gasteiger partial charge is 0.356 e. The van der Waals surface area contributed by atoms with E-state index >= 15 is 0 Å². The summed E-state index contributed by atoms with van der Waals surface area (Å²) >= 11 is 3.50. The van der Waals surface area contributed by atoms with Crippen molar-refractivity contribution >= 4 is 21.7 Å². The monoisotopic (exact) mass is 284 g/mol. The summed E-state index contributed by atoms with van der Waals surface area (Å²) in [5.74, 6) is 1.83. The number of rotatable bonds is 3. The van der Waals surface area contributed by atoms with Crippen LogP contribution in [-0.2, 0) is 0 Å². The van der Waals surface area contributed by atoms with E-state index in [1.807, 2.05) is 13.2 Å². The summed E-state index contributed by atoms with van der Waals surface area (Å²) in [5, 5.41) is 3.25. The molecule has 0 radical (unpaired) electrons. The second-order valence-corrected chi connectivity index (χ2v) is 5.04. The summed E-state index contributed by atoms with van der Waals surface area (Å²) in [6, 6.07) is 0. The van der Waals surface area contributed by atoms with Crippen molar-refractivity contribution in [3.63, 3.8) is 0 Å². The lowest BCUT2D eigenvalue weighted by Crippen LogP contribution is -2.37. The molecule has 1 N–H and O–H groups in total. The van der Waals surface area contributed by atoms with Crippen molar-refractivity contribution < 1.29 is 0 Å². The second-order valence-electron chi connectivity index (χ2n) is 4.18. The highest BCUT2D eigenvalue weighted by molar-refractivity contribution is 9.10. The zero-order valence-corrected chi connectivity index (χ0v) is 11.1. The topological polar surface area (TPSA) is 41.0 Å². The van der Waals surface area contributed by atoms with Crippen LogP contribution in [0.3, 0.4) is 0 Å². The molecule has 88 valence electrons. The summed E-state index contributed by atoms with van der Waals surface area (Å²) in [7, 11) is 2.02. The van der Waals surface area contributed by atoms with Crippen molar-refractivity contribution in [1.29, 1.82) is 0 Å². The lowest BCUT2D eigenvalue weighted by atomic mass is 9.97. The maximum absolute atomic E-state index is 4.33. The summed E-state index contributed by atoms with van der Waals surface area (Å²) in [5.41, 5.74) is 0. The molecule has 5 heteroatoms. The first-order chi connectivity index (χ1) is 7.81. The average Bonchev–Trinajstić information content (AvgIpc) is 2.31. The Morgan fingerprint density at radius 3 is 2.88 bits per heavy atom. The smallest absolute Gasteiger partial charge is 0.146 e. The van der Waals surface area contributed by atoms with Crippen LogP contribution in [0.5, 0.6) is 0 Å². The van der Waals surface area contributed by atoms with Gasteiger partial charge >= 0.3 is 0 Å². The standard InChI is InChI=1S/C11H17BrN4/c1-13-6-9-2-4-16(5-3-9)11-10(12)7-14-8-15-11/h7-9,13H,2-6H2,1H3. The highest BCUT2D eigenvalue weighted by atomic mass is 79.9. The second kappa shape index (κ2) is 5.59. The average molecular weight is 285 g/mol. The van der Waals surface area contributed by atoms with Gasteiger partial charge < -0.3 is 10.2 Å². The third-order valence-electron chi connectivity index (χ3n) is 3.06. The molecular formula is C11H17BrN4. The fraction of sp³-hybridized carbons (Fsp3) is 0.636. The zero-order chi connectivity index (χ0) is 11.4. The molecule has 2 heterocycles. The lowest BCUT2D eigenvalue weighted by molar-refractivity contribution is 0.392. The Labute approximate surface area is 105 Å². The molecule has 0 saturated carbocycles.